The summed E-state index contributed by atoms with van der Waals surface area (Å²) in [6.07, 6.45) is 0. The fraction of sp³-hybridized carbons (Fsp3) is 0.136. The van der Waals surface area contributed by atoms with Crippen molar-refractivity contribution in [1.82, 2.24) is 0 Å². The molecule has 0 aliphatic carbocycles. The highest BCUT2D eigenvalue weighted by Gasteiger charge is 2.24. The van der Waals surface area contributed by atoms with Gasteiger partial charge in [0, 0.05) is 23.9 Å². The summed E-state index contributed by atoms with van der Waals surface area (Å²) in [5.74, 6) is 0.453. The molecule has 0 aromatic heterocycles. The maximum Gasteiger partial charge on any atom is 0.270 e. The zero-order valence-corrected chi connectivity index (χ0v) is 18.6. The Hall–Kier alpha value is -4.12. The molecule has 33 heavy (non-hydrogen) atoms. The van der Waals surface area contributed by atoms with Gasteiger partial charge in [-0.2, -0.15) is 0 Å². The van der Waals surface area contributed by atoms with Crippen molar-refractivity contribution in [1.29, 1.82) is 0 Å². The molecule has 2 N–H and O–H groups in total. The van der Waals surface area contributed by atoms with Gasteiger partial charge >= 0.3 is 0 Å². The van der Waals surface area contributed by atoms with E-state index in [1.165, 1.54) is 38.5 Å². The van der Waals surface area contributed by atoms with Gasteiger partial charge in [0.2, 0.25) is 15.7 Å². The first-order valence-electron chi connectivity index (χ1n) is 9.60. The Bertz CT molecular complexity index is 1280. The minimum atomic E-state index is -4.08. The first-order chi connectivity index (χ1) is 15.8. The third kappa shape index (κ3) is 5.39. The Labute approximate surface area is 190 Å². The van der Waals surface area contributed by atoms with Crippen molar-refractivity contribution in [2.75, 3.05) is 31.4 Å². The monoisotopic (exact) mass is 471 g/mol. The quantitative estimate of drug-likeness (QED) is 0.357. The Morgan fingerprint density at radius 3 is 2.30 bits per heavy atom. The van der Waals surface area contributed by atoms with Gasteiger partial charge in [-0.3, -0.25) is 14.9 Å². The Balaban J connectivity index is 1.84. The van der Waals surface area contributed by atoms with E-state index in [1.807, 2.05) is 0 Å². The average molecular weight is 471 g/mol. The molecular weight excluding hydrogens is 450 g/mol. The molecule has 0 saturated carbocycles. The predicted molar refractivity (Wildman–Crippen MR) is 122 cm³/mol. The second kappa shape index (κ2) is 10.0. The lowest BCUT2D eigenvalue weighted by molar-refractivity contribution is -0.385. The standard InChI is InChI=1S/C22H21N3O7S/c1-31-19-11-8-15(12-20(19)32-2)24-22(26)14-23-18-10-9-16(25(27)28)13-21(18)33(29,30)17-6-4-3-5-7-17/h3-13,23H,14H2,1-2H3,(H,24,26). The Kier molecular flexibility index (Phi) is 7.13. The number of nitro benzene ring substituents is 1. The number of nitrogens with zero attached hydrogens (tertiary/aromatic N) is 1. The lowest BCUT2D eigenvalue weighted by Gasteiger charge is -2.14. The van der Waals surface area contributed by atoms with E-state index >= 15 is 0 Å². The first-order valence-corrected chi connectivity index (χ1v) is 11.1. The number of hydrogen-bond donors (Lipinski definition) is 2. The number of sulfone groups is 1. The van der Waals surface area contributed by atoms with Gasteiger partial charge in [-0.15, -0.1) is 0 Å². The smallest absolute Gasteiger partial charge is 0.270 e. The zero-order chi connectivity index (χ0) is 24.0. The summed E-state index contributed by atoms with van der Waals surface area (Å²) in [4.78, 5) is 22.6. The molecule has 3 rings (SSSR count). The molecule has 0 radical (unpaired) electrons. The first kappa shape index (κ1) is 23.5. The van der Waals surface area contributed by atoms with E-state index in [2.05, 4.69) is 10.6 Å². The molecule has 0 heterocycles. The lowest BCUT2D eigenvalue weighted by atomic mass is 10.2. The van der Waals surface area contributed by atoms with Crippen molar-refractivity contribution < 1.29 is 27.6 Å². The third-order valence-corrected chi connectivity index (χ3v) is 6.44. The molecule has 0 aliphatic rings. The largest absolute Gasteiger partial charge is 0.493 e. The van der Waals surface area contributed by atoms with Crippen molar-refractivity contribution in [3.63, 3.8) is 0 Å². The van der Waals surface area contributed by atoms with Crippen molar-refractivity contribution in [2.24, 2.45) is 0 Å². The summed E-state index contributed by atoms with van der Waals surface area (Å²) in [5, 5.41) is 16.6. The summed E-state index contributed by atoms with van der Waals surface area (Å²) < 4.78 is 36.6. The fourth-order valence-electron chi connectivity index (χ4n) is 3.01. The topological polar surface area (TPSA) is 137 Å². The van der Waals surface area contributed by atoms with Crippen LogP contribution in [0.3, 0.4) is 0 Å². The van der Waals surface area contributed by atoms with Crippen molar-refractivity contribution in [3.8, 4) is 11.5 Å². The van der Waals surface area contributed by atoms with Crippen LogP contribution in [0.4, 0.5) is 17.1 Å². The predicted octanol–water partition coefficient (Wildman–Crippen LogP) is 3.50. The number of ether oxygens (including phenoxy) is 2. The minimum absolute atomic E-state index is 0.0247. The molecule has 0 spiro atoms. The van der Waals surface area contributed by atoms with Crippen LogP contribution in [0.25, 0.3) is 0 Å². The van der Waals surface area contributed by atoms with Crippen LogP contribution in [0.5, 0.6) is 11.5 Å². The molecule has 0 atom stereocenters. The number of non-ortho nitro benzene ring substituents is 1. The second-order valence-electron chi connectivity index (χ2n) is 6.73. The summed E-state index contributed by atoms with van der Waals surface area (Å²) in [6, 6.07) is 15.8. The Morgan fingerprint density at radius 1 is 0.970 bits per heavy atom. The number of rotatable bonds is 9. The van der Waals surface area contributed by atoms with E-state index in [0.29, 0.717) is 17.2 Å². The normalized spacial score (nSPS) is 10.8. The summed E-state index contributed by atoms with van der Waals surface area (Å²) in [6.45, 7) is -0.288. The van der Waals surface area contributed by atoms with Crippen LogP contribution in [-0.2, 0) is 14.6 Å². The molecule has 11 heteroatoms. The number of hydrogen-bond acceptors (Lipinski definition) is 8. The number of carbonyl (C=O) groups is 1. The molecule has 3 aromatic carbocycles. The number of nitro groups is 1. The summed E-state index contributed by atoms with van der Waals surface area (Å²) >= 11 is 0. The summed E-state index contributed by atoms with van der Waals surface area (Å²) in [5.41, 5.74) is 0.122. The second-order valence-corrected chi connectivity index (χ2v) is 8.64. The number of benzene rings is 3. The van der Waals surface area contributed by atoms with Crippen LogP contribution in [-0.4, -0.2) is 40.0 Å². The summed E-state index contributed by atoms with van der Waals surface area (Å²) in [7, 11) is -1.12. The number of anilines is 2. The molecule has 3 aromatic rings. The van der Waals surface area contributed by atoms with Gasteiger partial charge in [0.05, 0.1) is 36.3 Å². The molecular formula is C22H21N3O7S. The van der Waals surface area contributed by atoms with Gasteiger partial charge in [-0.05, 0) is 30.3 Å². The van der Waals surface area contributed by atoms with Gasteiger partial charge in [-0.1, -0.05) is 18.2 Å². The van der Waals surface area contributed by atoms with E-state index < -0.39 is 20.7 Å². The highest BCUT2D eigenvalue weighted by atomic mass is 32.2. The molecule has 1 amide bonds. The van der Waals surface area contributed by atoms with Gasteiger partial charge in [0.1, 0.15) is 4.90 Å². The molecule has 0 aliphatic heterocycles. The van der Waals surface area contributed by atoms with Gasteiger partial charge in [0.25, 0.3) is 5.69 Å². The average Bonchev–Trinajstić information content (AvgIpc) is 2.83. The van der Waals surface area contributed by atoms with Crippen molar-refractivity contribution >= 4 is 32.8 Å². The van der Waals surface area contributed by atoms with Crippen LogP contribution in [0, 0.1) is 10.1 Å². The van der Waals surface area contributed by atoms with Gasteiger partial charge in [-0.25, -0.2) is 8.42 Å². The SMILES string of the molecule is COc1ccc(NC(=O)CNc2ccc([N+](=O)[O-])cc2S(=O)(=O)c2ccccc2)cc1OC. The van der Waals surface area contributed by atoms with E-state index in [1.54, 1.807) is 36.4 Å². The highest BCUT2D eigenvalue weighted by Crippen LogP contribution is 2.32. The van der Waals surface area contributed by atoms with Crippen LogP contribution in [0.2, 0.25) is 0 Å². The molecule has 0 bridgehead atoms. The van der Waals surface area contributed by atoms with E-state index in [9.17, 15) is 23.3 Å². The minimum Gasteiger partial charge on any atom is -0.493 e. The zero-order valence-electron chi connectivity index (χ0n) is 17.8. The highest BCUT2D eigenvalue weighted by molar-refractivity contribution is 7.91. The van der Waals surface area contributed by atoms with Crippen LogP contribution in [0.15, 0.2) is 76.5 Å². The Morgan fingerprint density at radius 2 is 1.67 bits per heavy atom. The van der Waals surface area contributed by atoms with E-state index in [-0.39, 0.29) is 27.7 Å². The number of nitrogens with one attached hydrogen (secondary N) is 2. The molecule has 0 saturated heterocycles. The van der Waals surface area contributed by atoms with Crippen LogP contribution < -0.4 is 20.1 Å². The van der Waals surface area contributed by atoms with Crippen molar-refractivity contribution in [3.05, 3.63) is 76.8 Å². The van der Waals surface area contributed by atoms with Crippen molar-refractivity contribution in [2.45, 2.75) is 9.79 Å². The third-order valence-electron chi connectivity index (χ3n) is 4.63. The molecule has 10 nitrogen and oxygen atoms in total. The molecule has 0 unspecified atom stereocenters. The number of methoxy groups -OCH3 is 2. The van der Waals surface area contributed by atoms with Gasteiger partial charge < -0.3 is 20.1 Å². The van der Waals surface area contributed by atoms with Crippen LogP contribution in [0.1, 0.15) is 0 Å². The molecule has 0 fully saturated rings. The number of amides is 1. The van der Waals surface area contributed by atoms with E-state index in [4.69, 9.17) is 9.47 Å². The maximum absolute atomic E-state index is 13.1. The van der Waals surface area contributed by atoms with E-state index in [0.717, 1.165) is 6.07 Å². The van der Waals surface area contributed by atoms with Gasteiger partial charge in [0.15, 0.2) is 11.5 Å². The number of carbonyl (C=O) groups excluding carboxylic acids is 1. The maximum atomic E-state index is 13.1. The van der Waals surface area contributed by atoms with Crippen LogP contribution >= 0.6 is 0 Å². The lowest BCUT2D eigenvalue weighted by Crippen LogP contribution is -2.22. The fourth-order valence-corrected chi connectivity index (χ4v) is 4.49. The molecule has 172 valence electrons.